The maximum absolute atomic E-state index is 12.2. The molecule has 1 aromatic rings. The summed E-state index contributed by atoms with van der Waals surface area (Å²) in [6.07, 6.45) is 3.31. The molecular formula is C13H16ClNO2. The van der Waals surface area contributed by atoms with E-state index in [9.17, 15) is 4.79 Å². The number of hydrogen-bond acceptors (Lipinski definition) is 3. The van der Waals surface area contributed by atoms with Crippen molar-refractivity contribution in [3.8, 4) is 5.75 Å². The maximum Gasteiger partial charge on any atom is 0.168 e. The number of carbonyl (C=O) groups is 1. The van der Waals surface area contributed by atoms with Crippen LogP contribution >= 0.6 is 11.6 Å². The molecule has 1 fully saturated rings. The van der Waals surface area contributed by atoms with Crippen molar-refractivity contribution in [1.29, 1.82) is 0 Å². The summed E-state index contributed by atoms with van der Waals surface area (Å²) in [5.74, 6) is 0.564. The molecule has 1 aliphatic rings. The summed E-state index contributed by atoms with van der Waals surface area (Å²) in [5.41, 5.74) is 6.29. The number of Topliss-reactive ketones (excluding diaryl/α,β-unsaturated/α-hetero) is 1. The largest absolute Gasteiger partial charge is 0.496 e. The average molecular weight is 254 g/mol. The van der Waals surface area contributed by atoms with E-state index in [1.807, 2.05) is 0 Å². The van der Waals surface area contributed by atoms with Gasteiger partial charge in [0.2, 0.25) is 0 Å². The van der Waals surface area contributed by atoms with Crippen LogP contribution < -0.4 is 10.5 Å². The summed E-state index contributed by atoms with van der Waals surface area (Å²) in [5, 5.41) is 0.536. The fourth-order valence-corrected chi connectivity index (χ4v) is 2.29. The van der Waals surface area contributed by atoms with Crippen molar-refractivity contribution in [2.75, 3.05) is 7.11 Å². The molecule has 1 aromatic carbocycles. The van der Waals surface area contributed by atoms with Gasteiger partial charge in [-0.1, -0.05) is 11.6 Å². The first kappa shape index (κ1) is 12.4. The monoisotopic (exact) mass is 253 g/mol. The van der Waals surface area contributed by atoms with Gasteiger partial charge in [0.05, 0.1) is 12.7 Å². The molecule has 0 bridgehead atoms. The summed E-state index contributed by atoms with van der Waals surface area (Å²) in [6, 6.07) is 5.06. The standard InChI is InChI=1S/C13H16ClNO2/c1-17-12-4-3-9(14)7-10(12)11(16)8-13(15)5-2-6-13/h3-4,7H,2,5-6,8,15H2,1H3. The van der Waals surface area contributed by atoms with Crippen LogP contribution in [0, 0.1) is 0 Å². The van der Waals surface area contributed by atoms with Gasteiger partial charge in [-0.25, -0.2) is 0 Å². The van der Waals surface area contributed by atoms with E-state index >= 15 is 0 Å². The van der Waals surface area contributed by atoms with E-state index in [1.54, 1.807) is 25.3 Å². The maximum atomic E-state index is 12.2. The van der Waals surface area contributed by atoms with Crippen molar-refractivity contribution in [3.05, 3.63) is 28.8 Å². The fraction of sp³-hybridized carbons (Fsp3) is 0.462. The lowest BCUT2D eigenvalue weighted by molar-refractivity contribution is 0.0909. The number of carbonyl (C=O) groups excluding carboxylic acids is 1. The molecule has 1 saturated carbocycles. The molecule has 0 aromatic heterocycles. The van der Waals surface area contributed by atoms with Crippen LogP contribution in [-0.4, -0.2) is 18.4 Å². The molecule has 1 aliphatic carbocycles. The molecule has 0 heterocycles. The molecule has 0 saturated heterocycles. The minimum Gasteiger partial charge on any atom is -0.496 e. The number of ether oxygens (including phenoxy) is 1. The average Bonchev–Trinajstić information content (AvgIpc) is 2.26. The first-order valence-electron chi connectivity index (χ1n) is 5.70. The molecule has 0 radical (unpaired) electrons. The van der Waals surface area contributed by atoms with Crippen LogP contribution in [0.3, 0.4) is 0 Å². The van der Waals surface area contributed by atoms with Gasteiger partial charge in [0, 0.05) is 17.0 Å². The molecule has 0 aliphatic heterocycles. The third-order valence-electron chi connectivity index (χ3n) is 3.32. The zero-order valence-corrected chi connectivity index (χ0v) is 10.6. The Kier molecular flexibility index (Phi) is 3.40. The lowest BCUT2D eigenvalue weighted by Gasteiger charge is -2.37. The van der Waals surface area contributed by atoms with Crippen molar-refractivity contribution in [2.45, 2.75) is 31.2 Å². The SMILES string of the molecule is COc1ccc(Cl)cc1C(=O)CC1(N)CCC1. The second-order valence-electron chi connectivity index (χ2n) is 4.66. The molecule has 92 valence electrons. The van der Waals surface area contributed by atoms with Crippen molar-refractivity contribution >= 4 is 17.4 Å². The van der Waals surface area contributed by atoms with Gasteiger partial charge in [-0.2, -0.15) is 0 Å². The first-order valence-corrected chi connectivity index (χ1v) is 6.07. The van der Waals surface area contributed by atoms with E-state index in [0.29, 0.717) is 22.8 Å². The smallest absolute Gasteiger partial charge is 0.168 e. The predicted octanol–water partition coefficient (Wildman–Crippen LogP) is 2.80. The van der Waals surface area contributed by atoms with Gasteiger partial charge in [0.15, 0.2) is 5.78 Å². The number of benzene rings is 1. The fourth-order valence-electron chi connectivity index (χ4n) is 2.12. The molecule has 2 rings (SSSR count). The van der Waals surface area contributed by atoms with Crippen LogP contribution in [0.25, 0.3) is 0 Å². The highest BCUT2D eigenvalue weighted by atomic mass is 35.5. The number of halogens is 1. The lowest BCUT2D eigenvalue weighted by atomic mass is 9.74. The van der Waals surface area contributed by atoms with Crippen LogP contribution in [0.1, 0.15) is 36.0 Å². The molecule has 17 heavy (non-hydrogen) atoms. The van der Waals surface area contributed by atoms with Gasteiger partial charge in [0.1, 0.15) is 5.75 Å². The second-order valence-corrected chi connectivity index (χ2v) is 5.10. The summed E-state index contributed by atoms with van der Waals surface area (Å²) in [4.78, 5) is 12.2. The Bertz CT molecular complexity index is 441. The molecule has 2 N–H and O–H groups in total. The molecule has 0 atom stereocenters. The van der Waals surface area contributed by atoms with Crippen LogP contribution in [0.5, 0.6) is 5.75 Å². The normalized spacial score (nSPS) is 17.4. The van der Waals surface area contributed by atoms with Crippen LogP contribution in [0.4, 0.5) is 0 Å². The van der Waals surface area contributed by atoms with E-state index < -0.39 is 0 Å². The number of rotatable bonds is 4. The number of hydrogen-bond donors (Lipinski definition) is 1. The van der Waals surface area contributed by atoms with E-state index in [-0.39, 0.29) is 11.3 Å². The van der Waals surface area contributed by atoms with Crippen molar-refractivity contribution in [2.24, 2.45) is 5.73 Å². The highest BCUT2D eigenvalue weighted by Crippen LogP contribution is 2.34. The molecule has 0 unspecified atom stereocenters. The highest BCUT2D eigenvalue weighted by molar-refractivity contribution is 6.31. The van der Waals surface area contributed by atoms with E-state index in [1.165, 1.54) is 0 Å². The number of nitrogens with two attached hydrogens (primary N) is 1. The van der Waals surface area contributed by atoms with Gasteiger partial charge in [-0.3, -0.25) is 4.79 Å². The predicted molar refractivity (Wildman–Crippen MR) is 67.7 cm³/mol. The summed E-state index contributed by atoms with van der Waals surface area (Å²) in [7, 11) is 1.54. The van der Waals surface area contributed by atoms with E-state index in [2.05, 4.69) is 0 Å². The van der Waals surface area contributed by atoms with Gasteiger partial charge in [-0.05, 0) is 37.5 Å². The lowest BCUT2D eigenvalue weighted by Crippen LogP contribution is -2.48. The third-order valence-corrected chi connectivity index (χ3v) is 3.56. The Morgan fingerprint density at radius 2 is 2.24 bits per heavy atom. The Morgan fingerprint density at radius 1 is 1.53 bits per heavy atom. The summed E-state index contributed by atoms with van der Waals surface area (Å²) >= 11 is 5.90. The topological polar surface area (TPSA) is 52.3 Å². The first-order chi connectivity index (χ1) is 8.04. The van der Waals surface area contributed by atoms with E-state index in [0.717, 1.165) is 19.3 Å². The Hall–Kier alpha value is -1.06. The zero-order valence-electron chi connectivity index (χ0n) is 9.83. The van der Waals surface area contributed by atoms with Crippen LogP contribution in [0.2, 0.25) is 5.02 Å². The van der Waals surface area contributed by atoms with Crippen LogP contribution in [0.15, 0.2) is 18.2 Å². The van der Waals surface area contributed by atoms with Gasteiger partial charge >= 0.3 is 0 Å². The molecule has 0 spiro atoms. The minimum absolute atomic E-state index is 0.00606. The molecular weight excluding hydrogens is 238 g/mol. The Labute approximate surface area is 106 Å². The Morgan fingerprint density at radius 3 is 2.76 bits per heavy atom. The second kappa shape index (κ2) is 4.67. The highest BCUT2D eigenvalue weighted by Gasteiger charge is 2.35. The van der Waals surface area contributed by atoms with Crippen molar-refractivity contribution < 1.29 is 9.53 Å². The van der Waals surface area contributed by atoms with Gasteiger partial charge < -0.3 is 10.5 Å². The summed E-state index contributed by atoms with van der Waals surface area (Å²) < 4.78 is 5.17. The number of ketones is 1. The zero-order chi connectivity index (χ0) is 12.5. The van der Waals surface area contributed by atoms with Crippen molar-refractivity contribution in [1.82, 2.24) is 0 Å². The van der Waals surface area contributed by atoms with Gasteiger partial charge in [0.25, 0.3) is 0 Å². The van der Waals surface area contributed by atoms with Gasteiger partial charge in [-0.15, -0.1) is 0 Å². The summed E-state index contributed by atoms with van der Waals surface area (Å²) in [6.45, 7) is 0. The minimum atomic E-state index is -0.315. The van der Waals surface area contributed by atoms with Crippen LogP contribution in [-0.2, 0) is 0 Å². The number of methoxy groups -OCH3 is 1. The third kappa shape index (κ3) is 2.61. The Balaban J connectivity index is 2.20. The van der Waals surface area contributed by atoms with Crippen molar-refractivity contribution in [3.63, 3.8) is 0 Å². The molecule has 3 nitrogen and oxygen atoms in total. The quantitative estimate of drug-likeness (QED) is 0.840. The van der Waals surface area contributed by atoms with E-state index in [4.69, 9.17) is 22.1 Å². The molecule has 0 amide bonds. The molecule has 4 heteroatoms.